The van der Waals surface area contributed by atoms with Gasteiger partial charge in [-0.05, 0) is 43.7 Å². The first kappa shape index (κ1) is 35.8. The number of hydrogen-bond donors (Lipinski definition) is 11. The van der Waals surface area contributed by atoms with Gasteiger partial charge >= 0.3 is 5.97 Å². The molecular formula is C29H43N13O5. The number of nitrogens with zero attached hydrogens (tertiary/aromatic N) is 3. The summed E-state index contributed by atoms with van der Waals surface area (Å²) >= 11 is 0. The molecule has 0 spiro atoms. The normalized spacial score (nSPS) is 13.5. The van der Waals surface area contributed by atoms with E-state index in [2.05, 4.69) is 40.9 Å². The maximum Gasteiger partial charge on any atom is 0.326 e. The average Bonchev–Trinajstić information content (AvgIpc) is 3.69. The van der Waals surface area contributed by atoms with Crippen LogP contribution in [0.3, 0.4) is 0 Å². The summed E-state index contributed by atoms with van der Waals surface area (Å²) in [7, 11) is 0. The van der Waals surface area contributed by atoms with E-state index in [1.807, 2.05) is 24.3 Å². The standard InChI is InChI=1S/C29H43N13O5/c30-19(11-16-13-38-20-6-2-1-5-18(16)20)24(43)42-23(12-17-14-35-15-39-17)26(45)40-21(7-3-9-36-28(31)32)25(44)41-22(27(46)47)8-4-10-37-29(33)34/h1-2,5-6,13-15,19,21-23,38H,3-4,7-12,30H2,(H,35,39)(H,40,45)(H,41,44)(H,42,43)(H,46,47)(H4,31,32,36)(H4,33,34,37). The highest BCUT2D eigenvalue weighted by molar-refractivity contribution is 5.94. The van der Waals surface area contributed by atoms with Gasteiger partial charge in [0.05, 0.1) is 12.4 Å². The molecule has 0 bridgehead atoms. The third-order valence-electron chi connectivity index (χ3n) is 7.20. The largest absolute Gasteiger partial charge is 0.480 e. The molecule has 2 heterocycles. The molecule has 4 unspecified atom stereocenters. The van der Waals surface area contributed by atoms with Crippen LogP contribution in [0.25, 0.3) is 10.9 Å². The minimum absolute atomic E-state index is 0.00224. The lowest BCUT2D eigenvalue weighted by atomic mass is 10.0. The van der Waals surface area contributed by atoms with E-state index < -0.39 is 47.9 Å². The monoisotopic (exact) mass is 653 g/mol. The third kappa shape index (κ3) is 11.7. The smallest absolute Gasteiger partial charge is 0.326 e. The van der Waals surface area contributed by atoms with Crippen molar-refractivity contribution in [1.82, 2.24) is 30.9 Å². The van der Waals surface area contributed by atoms with Crippen LogP contribution in [0.2, 0.25) is 0 Å². The third-order valence-corrected chi connectivity index (χ3v) is 7.20. The van der Waals surface area contributed by atoms with Crippen LogP contribution in [-0.4, -0.2) is 92.9 Å². The number of aliphatic imine (C=N–C) groups is 2. The van der Waals surface area contributed by atoms with Gasteiger partial charge in [0.2, 0.25) is 17.7 Å². The minimum Gasteiger partial charge on any atom is -0.480 e. The number of carboxylic acid groups (broad SMARTS) is 1. The summed E-state index contributed by atoms with van der Waals surface area (Å²) in [6.07, 6.45) is 5.53. The number of aromatic amines is 2. The van der Waals surface area contributed by atoms with E-state index >= 15 is 0 Å². The van der Waals surface area contributed by atoms with Gasteiger partial charge in [-0.3, -0.25) is 24.4 Å². The number of fused-ring (bicyclic) bond motifs is 1. The number of nitrogens with one attached hydrogen (secondary N) is 5. The van der Waals surface area contributed by atoms with E-state index in [0.29, 0.717) is 5.69 Å². The number of rotatable bonds is 19. The number of para-hydroxylation sites is 1. The molecule has 16 N–H and O–H groups in total. The molecule has 0 fully saturated rings. The van der Waals surface area contributed by atoms with E-state index in [-0.39, 0.29) is 63.5 Å². The van der Waals surface area contributed by atoms with Crippen LogP contribution in [0, 0.1) is 0 Å². The Hall–Kier alpha value is -5.65. The van der Waals surface area contributed by atoms with Crippen LogP contribution in [0.1, 0.15) is 36.9 Å². The molecule has 0 radical (unpaired) electrons. The molecule has 0 aliphatic carbocycles. The number of H-pyrrole nitrogens is 2. The molecule has 254 valence electrons. The Morgan fingerprint density at radius 1 is 0.809 bits per heavy atom. The van der Waals surface area contributed by atoms with Crippen molar-refractivity contribution in [3.05, 3.63) is 54.2 Å². The maximum absolute atomic E-state index is 13.7. The quantitative estimate of drug-likeness (QED) is 0.0369. The number of aliphatic carboxylic acids is 1. The van der Waals surface area contributed by atoms with Gasteiger partial charge in [0.15, 0.2) is 11.9 Å². The number of benzene rings is 1. The molecule has 47 heavy (non-hydrogen) atoms. The molecule has 0 saturated carbocycles. The number of guanidine groups is 2. The zero-order chi connectivity index (χ0) is 34.3. The number of aromatic nitrogens is 3. The first-order valence-electron chi connectivity index (χ1n) is 15.0. The zero-order valence-corrected chi connectivity index (χ0v) is 25.8. The van der Waals surface area contributed by atoms with Crippen LogP contribution in [0.15, 0.2) is 53.0 Å². The van der Waals surface area contributed by atoms with E-state index in [9.17, 15) is 24.3 Å². The second kappa shape index (κ2) is 17.7. The molecule has 3 aromatic rings. The Kier molecular flexibility index (Phi) is 13.5. The van der Waals surface area contributed by atoms with E-state index in [1.165, 1.54) is 12.5 Å². The predicted octanol–water partition coefficient (Wildman–Crippen LogP) is -2.35. The molecule has 0 saturated heterocycles. The molecule has 3 amide bonds. The molecule has 0 aliphatic rings. The molecule has 18 heteroatoms. The fraction of sp³-hybridized carbons (Fsp3) is 0.414. The number of hydrogen-bond acceptors (Lipinski definition) is 8. The first-order chi connectivity index (χ1) is 22.4. The van der Waals surface area contributed by atoms with Gasteiger partial charge in [-0.2, -0.15) is 0 Å². The Morgan fingerprint density at radius 2 is 1.40 bits per heavy atom. The van der Waals surface area contributed by atoms with Crippen molar-refractivity contribution in [3.63, 3.8) is 0 Å². The fourth-order valence-corrected chi connectivity index (χ4v) is 4.81. The summed E-state index contributed by atoms with van der Waals surface area (Å²) in [4.78, 5) is 69.9. The maximum atomic E-state index is 13.7. The summed E-state index contributed by atoms with van der Waals surface area (Å²) in [5.41, 5.74) is 30.0. The predicted molar refractivity (Wildman–Crippen MR) is 176 cm³/mol. The van der Waals surface area contributed by atoms with Gasteiger partial charge in [-0.25, -0.2) is 9.78 Å². The van der Waals surface area contributed by atoms with Crippen molar-refractivity contribution in [3.8, 4) is 0 Å². The van der Waals surface area contributed by atoms with Crippen molar-refractivity contribution in [2.45, 2.75) is 62.7 Å². The molecule has 4 atom stereocenters. The minimum atomic E-state index is -1.28. The molecule has 0 aliphatic heterocycles. The second-order valence-corrected chi connectivity index (χ2v) is 10.9. The van der Waals surface area contributed by atoms with Crippen molar-refractivity contribution in [2.75, 3.05) is 13.1 Å². The van der Waals surface area contributed by atoms with Crippen molar-refractivity contribution >= 4 is 46.5 Å². The summed E-state index contributed by atoms with van der Waals surface area (Å²) in [5.74, 6) is -3.60. The van der Waals surface area contributed by atoms with Gasteiger partial charge in [0.25, 0.3) is 0 Å². The highest BCUT2D eigenvalue weighted by Gasteiger charge is 2.31. The topological polar surface area (TPSA) is 324 Å². The van der Waals surface area contributed by atoms with Crippen molar-refractivity contribution < 1.29 is 24.3 Å². The van der Waals surface area contributed by atoms with Crippen LogP contribution in [0.4, 0.5) is 0 Å². The Balaban J connectivity index is 1.75. The zero-order valence-electron chi connectivity index (χ0n) is 25.8. The van der Waals surface area contributed by atoms with Crippen molar-refractivity contribution in [2.24, 2.45) is 38.7 Å². The van der Waals surface area contributed by atoms with Gasteiger partial charge in [-0.1, -0.05) is 18.2 Å². The Labute approximate surface area is 270 Å². The lowest BCUT2D eigenvalue weighted by Gasteiger charge is -2.25. The van der Waals surface area contributed by atoms with Crippen molar-refractivity contribution in [1.29, 1.82) is 0 Å². The number of carbonyl (C=O) groups is 4. The number of nitrogens with two attached hydrogens (primary N) is 5. The number of imidazole rings is 1. The SMILES string of the molecule is NC(N)=NCCCC(NC(=O)C(CCCN=C(N)N)NC(=O)C(Cc1cnc[nH]1)NC(=O)C(N)Cc1c[nH]c2ccccc12)C(=O)O. The van der Waals surface area contributed by atoms with Gasteiger partial charge in [-0.15, -0.1) is 0 Å². The lowest BCUT2D eigenvalue weighted by molar-refractivity contribution is -0.142. The van der Waals surface area contributed by atoms with Crippen LogP contribution in [0.5, 0.6) is 0 Å². The number of carboxylic acids is 1. The van der Waals surface area contributed by atoms with E-state index in [1.54, 1.807) is 6.20 Å². The first-order valence-corrected chi connectivity index (χ1v) is 15.0. The fourth-order valence-electron chi connectivity index (χ4n) is 4.81. The second-order valence-electron chi connectivity index (χ2n) is 10.9. The van der Waals surface area contributed by atoms with Gasteiger partial charge < -0.3 is 59.7 Å². The van der Waals surface area contributed by atoms with Crippen LogP contribution >= 0.6 is 0 Å². The summed E-state index contributed by atoms with van der Waals surface area (Å²) in [6, 6.07) is 2.95. The van der Waals surface area contributed by atoms with Crippen LogP contribution < -0.4 is 44.6 Å². The Morgan fingerprint density at radius 3 is 2.02 bits per heavy atom. The molecule has 2 aromatic heterocycles. The summed E-state index contributed by atoms with van der Waals surface area (Å²) < 4.78 is 0. The number of carbonyl (C=O) groups excluding carboxylic acids is 3. The Bertz CT molecular complexity index is 1540. The summed E-state index contributed by atoms with van der Waals surface area (Å²) in [5, 5.41) is 18.4. The summed E-state index contributed by atoms with van der Waals surface area (Å²) in [6.45, 7) is 0.317. The van der Waals surface area contributed by atoms with Gasteiger partial charge in [0, 0.05) is 48.5 Å². The van der Waals surface area contributed by atoms with E-state index in [4.69, 9.17) is 28.7 Å². The molecule has 3 rings (SSSR count). The van der Waals surface area contributed by atoms with E-state index in [0.717, 1.165) is 16.5 Å². The molecular weight excluding hydrogens is 610 g/mol. The molecule has 18 nitrogen and oxygen atoms in total. The highest BCUT2D eigenvalue weighted by Crippen LogP contribution is 2.19. The molecule has 1 aromatic carbocycles. The highest BCUT2D eigenvalue weighted by atomic mass is 16.4. The lowest BCUT2D eigenvalue weighted by Crippen LogP contribution is -2.57. The number of amides is 3. The van der Waals surface area contributed by atoms with Gasteiger partial charge in [0.1, 0.15) is 18.1 Å². The van der Waals surface area contributed by atoms with Crippen LogP contribution in [-0.2, 0) is 32.0 Å². The average molecular weight is 654 g/mol.